The minimum atomic E-state index is -0.0336. The summed E-state index contributed by atoms with van der Waals surface area (Å²) in [5.41, 5.74) is 3.35. The molecular weight excluding hydrogens is 398 g/mol. The first-order valence-corrected chi connectivity index (χ1v) is 10.2. The molecule has 0 saturated heterocycles. The first-order chi connectivity index (χ1) is 12.4. The number of rotatable bonds is 6. The summed E-state index contributed by atoms with van der Waals surface area (Å²) < 4.78 is 1.13. The Labute approximate surface area is 174 Å². The molecule has 3 rings (SSSR count). The van der Waals surface area contributed by atoms with Crippen molar-refractivity contribution in [1.82, 2.24) is 9.88 Å². The van der Waals surface area contributed by atoms with E-state index in [9.17, 15) is 4.79 Å². The van der Waals surface area contributed by atoms with Gasteiger partial charge in [0.15, 0.2) is 5.13 Å². The minimum absolute atomic E-state index is 0. The van der Waals surface area contributed by atoms with Crippen LogP contribution in [0.2, 0.25) is 0 Å². The van der Waals surface area contributed by atoms with Crippen LogP contribution in [0.4, 0.5) is 5.13 Å². The van der Waals surface area contributed by atoms with Gasteiger partial charge in [-0.1, -0.05) is 23.5 Å². The number of hydrogen-bond donors (Lipinski definition) is 0. The summed E-state index contributed by atoms with van der Waals surface area (Å²) in [6.45, 7) is 5.55. The molecule has 1 aromatic carbocycles. The molecule has 0 radical (unpaired) electrons. The van der Waals surface area contributed by atoms with Crippen molar-refractivity contribution in [1.29, 1.82) is 0 Å². The molecule has 2 heterocycles. The molecule has 144 valence electrons. The number of nitrogens with zero attached hydrogens (tertiary/aromatic N) is 3. The maximum Gasteiger partial charge on any atom is 0.252 e. The number of aromatic nitrogens is 1. The first kappa shape index (κ1) is 21.6. The Hall–Kier alpha value is -1.73. The molecule has 0 bridgehead atoms. The second-order valence-electron chi connectivity index (χ2n) is 6.57. The number of amides is 1. The lowest BCUT2D eigenvalue weighted by Crippen LogP contribution is -3.00. The first-order valence-electron chi connectivity index (χ1n) is 8.49. The van der Waals surface area contributed by atoms with Crippen LogP contribution in [0.1, 0.15) is 16.0 Å². The fourth-order valence-electron chi connectivity index (χ4n) is 2.70. The molecule has 0 aliphatic heterocycles. The standard InChI is InChI=1S/C20H23N3OS2.ClH/c1-14-12-15(2)19-17(13-14)26-20(21-19)23(10-9-22(3)4)18(24)8-7-16-6-5-11-25-16;/h5-8,11-13H,9-10H2,1-4H3;1H/p-1/b8-7+;. The number of fused-ring (bicyclic) bond motifs is 1. The third-order valence-corrected chi connectivity index (χ3v) is 5.88. The van der Waals surface area contributed by atoms with Crippen LogP contribution < -0.4 is 17.3 Å². The van der Waals surface area contributed by atoms with Crippen LogP contribution in [0.5, 0.6) is 0 Å². The van der Waals surface area contributed by atoms with E-state index in [0.717, 1.165) is 32.3 Å². The molecule has 27 heavy (non-hydrogen) atoms. The lowest BCUT2D eigenvalue weighted by molar-refractivity contribution is -0.114. The number of likely N-dealkylation sites (N-methyl/N-ethyl adjacent to an activating group) is 1. The summed E-state index contributed by atoms with van der Waals surface area (Å²) in [5, 5.41) is 2.77. The fraction of sp³-hybridized carbons (Fsp3) is 0.300. The third kappa shape index (κ3) is 5.39. The molecule has 3 aromatic rings. The monoisotopic (exact) mass is 420 g/mol. The van der Waals surface area contributed by atoms with Gasteiger partial charge in [-0.2, -0.15) is 0 Å². The van der Waals surface area contributed by atoms with Gasteiger partial charge in [0, 0.05) is 24.0 Å². The van der Waals surface area contributed by atoms with Gasteiger partial charge in [0.2, 0.25) is 0 Å². The van der Waals surface area contributed by atoms with E-state index >= 15 is 0 Å². The van der Waals surface area contributed by atoms with Crippen molar-refractivity contribution in [2.75, 3.05) is 32.1 Å². The van der Waals surface area contributed by atoms with Gasteiger partial charge in [-0.05, 0) is 62.7 Å². The number of aryl methyl sites for hydroxylation is 2. The van der Waals surface area contributed by atoms with Gasteiger partial charge in [0.1, 0.15) is 0 Å². The number of anilines is 1. The van der Waals surface area contributed by atoms with Crippen LogP contribution in [0.25, 0.3) is 16.3 Å². The van der Waals surface area contributed by atoms with Gasteiger partial charge in [0.25, 0.3) is 5.91 Å². The van der Waals surface area contributed by atoms with Gasteiger partial charge < -0.3 is 17.3 Å². The van der Waals surface area contributed by atoms with Crippen LogP contribution in [-0.2, 0) is 4.79 Å². The molecule has 7 heteroatoms. The van der Waals surface area contributed by atoms with Crippen molar-refractivity contribution in [2.24, 2.45) is 0 Å². The number of halogens is 1. The maximum atomic E-state index is 12.9. The Kier molecular flexibility index (Phi) is 7.56. The molecule has 0 spiro atoms. The number of thiazole rings is 1. The Balaban J connectivity index is 0.00000261. The lowest BCUT2D eigenvalue weighted by atomic mass is 10.1. The summed E-state index contributed by atoms with van der Waals surface area (Å²) in [5.74, 6) is -0.0336. The largest absolute Gasteiger partial charge is 1.00 e. The highest BCUT2D eigenvalue weighted by Gasteiger charge is 2.19. The predicted molar refractivity (Wildman–Crippen MR) is 113 cm³/mol. The molecule has 0 aliphatic carbocycles. The van der Waals surface area contributed by atoms with E-state index in [1.54, 1.807) is 33.6 Å². The van der Waals surface area contributed by atoms with E-state index in [4.69, 9.17) is 4.98 Å². The van der Waals surface area contributed by atoms with Gasteiger partial charge in [-0.15, -0.1) is 11.3 Å². The Bertz CT molecular complexity index is 932. The van der Waals surface area contributed by atoms with Crippen LogP contribution in [-0.4, -0.2) is 43.0 Å². The predicted octanol–water partition coefficient (Wildman–Crippen LogP) is 1.59. The zero-order chi connectivity index (χ0) is 18.7. The van der Waals surface area contributed by atoms with Gasteiger partial charge in [-0.3, -0.25) is 9.69 Å². The van der Waals surface area contributed by atoms with Crippen molar-refractivity contribution in [3.05, 3.63) is 51.7 Å². The van der Waals surface area contributed by atoms with Crippen molar-refractivity contribution in [2.45, 2.75) is 13.8 Å². The summed E-state index contributed by atoms with van der Waals surface area (Å²) in [7, 11) is 4.02. The number of carbonyl (C=O) groups excluding carboxylic acids is 1. The zero-order valence-electron chi connectivity index (χ0n) is 15.9. The van der Waals surface area contributed by atoms with Crippen molar-refractivity contribution < 1.29 is 17.2 Å². The molecule has 2 aromatic heterocycles. The average molecular weight is 421 g/mol. The Morgan fingerprint density at radius 3 is 2.67 bits per heavy atom. The highest BCUT2D eigenvalue weighted by Crippen LogP contribution is 2.31. The van der Waals surface area contributed by atoms with E-state index in [0.29, 0.717) is 6.54 Å². The highest BCUT2D eigenvalue weighted by molar-refractivity contribution is 7.22. The molecular formula is C20H23ClN3OS2-. The summed E-state index contributed by atoms with van der Waals surface area (Å²) >= 11 is 3.20. The van der Waals surface area contributed by atoms with Gasteiger partial charge in [-0.25, -0.2) is 4.98 Å². The Morgan fingerprint density at radius 2 is 2.00 bits per heavy atom. The third-order valence-electron chi connectivity index (χ3n) is 4.02. The van der Waals surface area contributed by atoms with E-state index in [1.165, 1.54) is 5.56 Å². The van der Waals surface area contributed by atoms with Crippen LogP contribution in [0.3, 0.4) is 0 Å². The van der Waals surface area contributed by atoms with Crippen LogP contribution >= 0.6 is 22.7 Å². The number of thiophene rings is 1. The number of hydrogen-bond acceptors (Lipinski definition) is 5. The SMILES string of the molecule is Cc1cc(C)c2nc(N(CCN(C)C)C(=O)/C=C/c3cccs3)sc2c1.[Cl-]. The second kappa shape index (κ2) is 9.46. The van der Waals surface area contributed by atoms with Crippen molar-refractivity contribution in [3.8, 4) is 0 Å². The molecule has 1 amide bonds. The normalized spacial score (nSPS) is 11.3. The summed E-state index contributed by atoms with van der Waals surface area (Å²) in [4.78, 5) is 22.6. The molecule has 4 nitrogen and oxygen atoms in total. The maximum absolute atomic E-state index is 12.9. The topological polar surface area (TPSA) is 36.4 Å². The minimum Gasteiger partial charge on any atom is -1.00 e. The fourth-order valence-corrected chi connectivity index (χ4v) is 4.50. The molecule has 0 saturated carbocycles. The molecule has 0 N–H and O–H groups in total. The summed E-state index contributed by atoms with van der Waals surface area (Å²) in [6.07, 6.45) is 3.52. The number of benzene rings is 1. The average Bonchev–Trinajstić information content (AvgIpc) is 3.22. The Morgan fingerprint density at radius 1 is 1.22 bits per heavy atom. The summed E-state index contributed by atoms with van der Waals surface area (Å²) in [6, 6.07) is 8.26. The zero-order valence-corrected chi connectivity index (χ0v) is 18.3. The van der Waals surface area contributed by atoms with Crippen molar-refractivity contribution in [3.63, 3.8) is 0 Å². The van der Waals surface area contributed by atoms with Gasteiger partial charge in [0.05, 0.1) is 10.2 Å². The van der Waals surface area contributed by atoms with Crippen molar-refractivity contribution >= 4 is 50.0 Å². The molecule has 0 unspecified atom stereocenters. The number of carbonyl (C=O) groups is 1. The van der Waals surface area contributed by atoms with Crippen LogP contribution in [0, 0.1) is 13.8 Å². The molecule has 0 fully saturated rings. The van der Waals surface area contributed by atoms with E-state index < -0.39 is 0 Å². The van der Waals surface area contributed by atoms with E-state index in [-0.39, 0.29) is 18.3 Å². The molecule has 0 atom stereocenters. The lowest BCUT2D eigenvalue weighted by Gasteiger charge is -2.20. The van der Waals surface area contributed by atoms with Gasteiger partial charge >= 0.3 is 0 Å². The second-order valence-corrected chi connectivity index (χ2v) is 8.56. The van der Waals surface area contributed by atoms with Crippen LogP contribution in [0.15, 0.2) is 35.7 Å². The quantitative estimate of drug-likeness (QED) is 0.568. The smallest absolute Gasteiger partial charge is 0.252 e. The highest BCUT2D eigenvalue weighted by atomic mass is 35.5. The van der Waals surface area contributed by atoms with E-state index in [1.807, 2.05) is 37.7 Å². The van der Waals surface area contributed by atoms with E-state index in [2.05, 4.69) is 30.9 Å². The molecule has 0 aliphatic rings.